The SMILES string of the molecule is CC(=O)c1c(C)[nH]c(C(=O)COC(=O)c2sccc2-c2ccc(C)cc2)c1C. The van der Waals surface area contributed by atoms with Crippen molar-refractivity contribution in [3.8, 4) is 11.1 Å². The molecule has 0 spiro atoms. The van der Waals surface area contributed by atoms with Crippen LogP contribution >= 0.6 is 11.3 Å². The number of carbonyl (C=O) groups is 3. The zero-order valence-electron chi connectivity index (χ0n) is 16.2. The lowest BCUT2D eigenvalue weighted by molar-refractivity contribution is 0.0479. The Morgan fingerprint density at radius 2 is 1.71 bits per heavy atom. The minimum atomic E-state index is -0.536. The van der Waals surface area contributed by atoms with Gasteiger partial charge in [0.25, 0.3) is 0 Å². The van der Waals surface area contributed by atoms with E-state index in [0.717, 1.165) is 16.7 Å². The summed E-state index contributed by atoms with van der Waals surface area (Å²) >= 11 is 1.28. The zero-order valence-corrected chi connectivity index (χ0v) is 17.0. The molecule has 0 aliphatic carbocycles. The summed E-state index contributed by atoms with van der Waals surface area (Å²) in [6.45, 7) is 6.53. The molecule has 0 atom stereocenters. The molecule has 0 saturated heterocycles. The molecule has 0 aliphatic heterocycles. The summed E-state index contributed by atoms with van der Waals surface area (Å²) in [5.74, 6) is -1.01. The van der Waals surface area contributed by atoms with E-state index >= 15 is 0 Å². The number of rotatable bonds is 6. The van der Waals surface area contributed by atoms with Crippen molar-refractivity contribution >= 4 is 28.9 Å². The molecule has 1 aromatic carbocycles. The molecule has 3 rings (SSSR count). The first-order valence-corrected chi connectivity index (χ1v) is 9.72. The Balaban J connectivity index is 1.74. The molecule has 3 aromatic rings. The number of benzene rings is 1. The molecule has 1 N–H and O–H groups in total. The third-order valence-electron chi connectivity index (χ3n) is 4.62. The second-order valence-electron chi connectivity index (χ2n) is 6.71. The minimum Gasteiger partial charge on any atom is -0.453 e. The van der Waals surface area contributed by atoms with Crippen molar-refractivity contribution in [1.82, 2.24) is 4.98 Å². The lowest BCUT2D eigenvalue weighted by atomic mass is 10.1. The van der Waals surface area contributed by atoms with E-state index in [2.05, 4.69) is 4.98 Å². The van der Waals surface area contributed by atoms with Crippen LogP contribution in [0.3, 0.4) is 0 Å². The lowest BCUT2D eigenvalue weighted by Gasteiger charge is -2.06. The minimum absolute atomic E-state index is 0.108. The molecule has 6 heteroatoms. The number of aryl methyl sites for hydroxylation is 2. The molecule has 0 radical (unpaired) electrons. The summed E-state index contributed by atoms with van der Waals surface area (Å²) in [6.07, 6.45) is 0. The Hall–Kier alpha value is -2.99. The molecule has 2 heterocycles. The van der Waals surface area contributed by atoms with Crippen molar-refractivity contribution in [2.75, 3.05) is 6.61 Å². The van der Waals surface area contributed by atoms with E-state index in [9.17, 15) is 14.4 Å². The number of hydrogen-bond acceptors (Lipinski definition) is 5. The molecular formula is C22H21NO4S. The normalized spacial score (nSPS) is 10.7. The van der Waals surface area contributed by atoms with E-state index in [1.165, 1.54) is 18.3 Å². The van der Waals surface area contributed by atoms with E-state index in [1.807, 2.05) is 42.6 Å². The molecule has 0 amide bonds. The molecule has 2 aromatic heterocycles. The molecule has 28 heavy (non-hydrogen) atoms. The first-order valence-electron chi connectivity index (χ1n) is 8.84. The van der Waals surface area contributed by atoms with Crippen LogP contribution in [0, 0.1) is 20.8 Å². The van der Waals surface area contributed by atoms with Gasteiger partial charge in [-0.15, -0.1) is 11.3 Å². The van der Waals surface area contributed by atoms with Crippen molar-refractivity contribution in [2.45, 2.75) is 27.7 Å². The second-order valence-corrected chi connectivity index (χ2v) is 7.63. The van der Waals surface area contributed by atoms with Crippen LogP contribution in [-0.4, -0.2) is 29.1 Å². The monoisotopic (exact) mass is 395 g/mol. The van der Waals surface area contributed by atoms with Gasteiger partial charge >= 0.3 is 5.97 Å². The van der Waals surface area contributed by atoms with Crippen molar-refractivity contribution in [1.29, 1.82) is 0 Å². The number of thiophene rings is 1. The first kappa shape index (κ1) is 19.8. The van der Waals surface area contributed by atoms with Crippen molar-refractivity contribution < 1.29 is 19.1 Å². The summed E-state index contributed by atoms with van der Waals surface area (Å²) in [6, 6.07) is 9.73. The van der Waals surface area contributed by atoms with Crippen LogP contribution in [0.1, 0.15) is 54.3 Å². The Bertz CT molecular complexity index is 1060. The summed E-state index contributed by atoms with van der Waals surface area (Å²) in [5.41, 5.74) is 4.88. The number of ether oxygens (including phenoxy) is 1. The van der Waals surface area contributed by atoms with Gasteiger partial charge in [0.15, 0.2) is 12.4 Å². The second kappa shape index (κ2) is 7.94. The fourth-order valence-corrected chi connectivity index (χ4v) is 4.06. The predicted molar refractivity (Wildman–Crippen MR) is 109 cm³/mol. The molecule has 0 unspecified atom stereocenters. The number of H-pyrrole nitrogens is 1. The number of aromatic amines is 1. The number of carbonyl (C=O) groups excluding carboxylic acids is 3. The topological polar surface area (TPSA) is 76.2 Å². The fourth-order valence-electron chi connectivity index (χ4n) is 3.25. The summed E-state index contributed by atoms with van der Waals surface area (Å²) in [7, 11) is 0. The van der Waals surface area contributed by atoms with Gasteiger partial charge in [-0.3, -0.25) is 9.59 Å². The van der Waals surface area contributed by atoms with Gasteiger partial charge in [-0.1, -0.05) is 29.8 Å². The van der Waals surface area contributed by atoms with Gasteiger partial charge in [-0.2, -0.15) is 0 Å². The highest BCUT2D eigenvalue weighted by Crippen LogP contribution is 2.29. The Morgan fingerprint density at radius 3 is 2.32 bits per heavy atom. The number of esters is 1. The van der Waals surface area contributed by atoms with Crippen LogP contribution in [0.15, 0.2) is 35.7 Å². The zero-order chi connectivity index (χ0) is 20.4. The van der Waals surface area contributed by atoms with Crippen molar-refractivity contribution in [2.24, 2.45) is 0 Å². The van der Waals surface area contributed by atoms with E-state index in [-0.39, 0.29) is 18.2 Å². The number of nitrogens with one attached hydrogen (secondary N) is 1. The molecule has 0 bridgehead atoms. The lowest BCUT2D eigenvalue weighted by Crippen LogP contribution is -2.15. The van der Waals surface area contributed by atoms with Crippen LogP contribution in [0.5, 0.6) is 0 Å². The van der Waals surface area contributed by atoms with Gasteiger partial charge in [0, 0.05) is 16.8 Å². The van der Waals surface area contributed by atoms with Gasteiger partial charge in [-0.25, -0.2) is 4.79 Å². The van der Waals surface area contributed by atoms with Gasteiger partial charge in [0.2, 0.25) is 5.78 Å². The van der Waals surface area contributed by atoms with Crippen LogP contribution in [0.4, 0.5) is 0 Å². The van der Waals surface area contributed by atoms with Gasteiger partial charge in [-0.05, 0) is 50.3 Å². The average Bonchev–Trinajstić information content (AvgIpc) is 3.24. The maximum atomic E-state index is 12.5. The Morgan fingerprint density at radius 1 is 1.04 bits per heavy atom. The third-order valence-corrected chi connectivity index (χ3v) is 5.51. The van der Waals surface area contributed by atoms with E-state index in [1.54, 1.807) is 13.8 Å². The number of Topliss-reactive ketones (excluding diaryl/α,β-unsaturated/α-hetero) is 2. The van der Waals surface area contributed by atoms with Crippen LogP contribution in [-0.2, 0) is 4.74 Å². The Kier molecular flexibility index (Phi) is 5.61. The van der Waals surface area contributed by atoms with Crippen LogP contribution in [0.25, 0.3) is 11.1 Å². The molecule has 0 aliphatic rings. The highest BCUT2D eigenvalue weighted by Gasteiger charge is 2.22. The number of hydrogen-bond donors (Lipinski definition) is 1. The fraction of sp³-hybridized carbons (Fsp3) is 0.227. The van der Waals surface area contributed by atoms with Crippen molar-refractivity contribution in [3.05, 3.63) is 68.7 Å². The summed E-state index contributed by atoms with van der Waals surface area (Å²) < 4.78 is 5.27. The maximum absolute atomic E-state index is 12.5. The average molecular weight is 395 g/mol. The maximum Gasteiger partial charge on any atom is 0.349 e. The molecule has 0 saturated carbocycles. The van der Waals surface area contributed by atoms with E-state index in [4.69, 9.17) is 4.74 Å². The van der Waals surface area contributed by atoms with E-state index in [0.29, 0.717) is 27.4 Å². The van der Waals surface area contributed by atoms with Gasteiger partial charge < -0.3 is 9.72 Å². The molecule has 0 fully saturated rings. The highest BCUT2D eigenvalue weighted by atomic mass is 32.1. The number of aromatic nitrogens is 1. The smallest absolute Gasteiger partial charge is 0.349 e. The first-order chi connectivity index (χ1) is 13.3. The molecule has 144 valence electrons. The van der Waals surface area contributed by atoms with Gasteiger partial charge in [0.05, 0.1) is 5.69 Å². The largest absolute Gasteiger partial charge is 0.453 e. The van der Waals surface area contributed by atoms with Crippen LogP contribution in [0.2, 0.25) is 0 Å². The quantitative estimate of drug-likeness (QED) is 0.475. The van der Waals surface area contributed by atoms with Crippen LogP contribution < -0.4 is 0 Å². The highest BCUT2D eigenvalue weighted by molar-refractivity contribution is 7.12. The molecular weight excluding hydrogens is 374 g/mol. The van der Waals surface area contributed by atoms with E-state index < -0.39 is 5.97 Å². The number of ketones is 2. The predicted octanol–water partition coefficient (Wildman–Crippen LogP) is 4.91. The third kappa shape index (κ3) is 3.82. The Labute approximate surface area is 167 Å². The summed E-state index contributed by atoms with van der Waals surface area (Å²) in [4.78, 5) is 40.2. The van der Waals surface area contributed by atoms with Gasteiger partial charge in [0.1, 0.15) is 4.88 Å². The summed E-state index contributed by atoms with van der Waals surface area (Å²) in [5, 5.41) is 1.82. The standard InChI is InChI=1S/C22H21NO4S/c1-12-5-7-16(8-6-12)17-9-10-28-21(17)22(26)27-11-18(25)20-13(2)19(15(4)24)14(3)23-20/h5-10,23H,11H2,1-4H3. The van der Waals surface area contributed by atoms with Crippen molar-refractivity contribution in [3.63, 3.8) is 0 Å². The molecule has 5 nitrogen and oxygen atoms in total.